The molecule has 1 aromatic heterocycles. The number of carbonyl (C=O) groups excluding carboxylic acids is 2. The van der Waals surface area contributed by atoms with E-state index in [1.807, 2.05) is 44.2 Å². The van der Waals surface area contributed by atoms with Crippen LogP contribution in [0.4, 0.5) is 5.82 Å². The largest absolute Gasteiger partial charge is 0.493 e. The van der Waals surface area contributed by atoms with Crippen molar-refractivity contribution in [1.29, 1.82) is 0 Å². The van der Waals surface area contributed by atoms with Gasteiger partial charge in [0.1, 0.15) is 22.8 Å². The first-order chi connectivity index (χ1) is 17.2. The molecule has 1 aliphatic carbocycles. The Morgan fingerprint density at radius 2 is 1.83 bits per heavy atom. The average Bonchev–Trinajstić information content (AvgIpc) is 3.20. The van der Waals surface area contributed by atoms with Gasteiger partial charge in [0, 0.05) is 12.1 Å². The third-order valence-corrected chi connectivity index (χ3v) is 6.68. The lowest BCUT2D eigenvalue weighted by atomic mass is 9.84. The fourth-order valence-electron chi connectivity index (χ4n) is 4.63. The molecule has 9 heteroatoms. The fraction of sp³-hybridized carbons (Fsp3) is 0.370. The van der Waals surface area contributed by atoms with E-state index in [0.717, 1.165) is 5.56 Å². The van der Waals surface area contributed by atoms with E-state index in [2.05, 4.69) is 10.4 Å². The van der Waals surface area contributed by atoms with Crippen molar-refractivity contribution in [1.82, 2.24) is 15.1 Å². The summed E-state index contributed by atoms with van der Waals surface area (Å²) in [5.41, 5.74) is 14.0. The van der Waals surface area contributed by atoms with E-state index >= 15 is 0 Å². The number of nitrogens with two attached hydrogens (primary N) is 2. The lowest BCUT2D eigenvalue weighted by Gasteiger charge is -2.33. The SMILES string of the molecule is CCOc1ccccc1C(=O)NCc1ccc(-c2nn(C3CCC(C)(O)CC3)c(N)c2C(N)=O)cc1. The van der Waals surface area contributed by atoms with Gasteiger partial charge in [-0.15, -0.1) is 0 Å². The zero-order chi connectivity index (χ0) is 25.9. The molecule has 0 atom stereocenters. The number of amides is 2. The molecule has 190 valence electrons. The quantitative estimate of drug-likeness (QED) is 0.380. The molecule has 1 fully saturated rings. The van der Waals surface area contributed by atoms with Crippen LogP contribution in [0, 0.1) is 0 Å². The summed E-state index contributed by atoms with van der Waals surface area (Å²) in [7, 11) is 0. The smallest absolute Gasteiger partial charge is 0.255 e. The molecule has 2 amide bonds. The molecule has 1 aliphatic rings. The summed E-state index contributed by atoms with van der Waals surface area (Å²) in [5.74, 6) is -0.0760. The first-order valence-electron chi connectivity index (χ1n) is 12.2. The first-order valence-corrected chi connectivity index (χ1v) is 12.2. The van der Waals surface area contributed by atoms with Gasteiger partial charge in [-0.05, 0) is 57.2 Å². The Kier molecular flexibility index (Phi) is 7.30. The van der Waals surface area contributed by atoms with Crippen molar-refractivity contribution in [3.63, 3.8) is 0 Å². The van der Waals surface area contributed by atoms with Crippen LogP contribution in [-0.2, 0) is 6.54 Å². The molecule has 0 spiro atoms. The zero-order valence-electron chi connectivity index (χ0n) is 20.7. The zero-order valence-corrected chi connectivity index (χ0v) is 20.7. The Morgan fingerprint density at radius 3 is 2.47 bits per heavy atom. The van der Waals surface area contributed by atoms with E-state index in [4.69, 9.17) is 16.2 Å². The Bertz CT molecular complexity index is 1240. The molecule has 0 saturated heterocycles. The summed E-state index contributed by atoms with van der Waals surface area (Å²) in [4.78, 5) is 24.9. The first kappa shape index (κ1) is 25.2. The highest BCUT2D eigenvalue weighted by Crippen LogP contribution is 2.38. The second-order valence-corrected chi connectivity index (χ2v) is 9.45. The number of para-hydroxylation sites is 1. The van der Waals surface area contributed by atoms with Gasteiger partial charge >= 0.3 is 0 Å². The van der Waals surface area contributed by atoms with E-state index in [0.29, 0.717) is 61.4 Å². The Labute approximate surface area is 210 Å². The highest BCUT2D eigenvalue weighted by molar-refractivity contribution is 6.03. The van der Waals surface area contributed by atoms with E-state index in [9.17, 15) is 14.7 Å². The third kappa shape index (κ3) is 5.36. The number of primary amides is 1. The van der Waals surface area contributed by atoms with Crippen LogP contribution in [0.5, 0.6) is 5.75 Å². The third-order valence-electron chi connectivity index (χ3n) is 6.68. The highest BCUT2D eigenvalue weighted by Gasteiger charge is 2.32. The number of carbonyl (C=O) groups is 2. The van der Waals surface area contributed by atoms with Crippen LogP contribution < -0.4 is 21.5 Å². The molecule has 6 N–H and O–H groups in total. The number of aromatic nitrogens is 2. The van der Waals surface area contributed by atoms with Gasteiger partial charge in [0.2, 0.25) is 0 Å². The van der Waals surface area contributed by atoms with E-state index in [1.54, 1.807) is 22.9 Å². The van der Waals surface area contributed by atoms with Crippen LogP contribution in [0.25, 0.3) is 11.3 Å². The summed E-state index contributed by atoms with van der Waals surface area (Å²) in [6.45, 7) is 4.50. The number of nitrogens with zero attached hydrogens (tertiary/aromatic N) is 2. The van der Waals surface area contributed by atoms with Crippen molar-refractivity contribution >= 4 is 17.6 Å². The van der Waals surface area contributed by atoms with Gasteiger partial charge in [0.05, 0.1) is 23.8 Å². The summed E-state index contributed by atoms with van der Waals surface area (Å²) in [6.07, 6.45) is 2.69. The lowest BCUT2D eigenvalue weighted by molar-refractivity contribution is 0.00879. The van der Waals surface area contributed by atoms with E-state index < -0.39 is 11.5 Å². The number of ether oxygens (including phenoxy) is 1. The average molecular weight is 492 g/mol. The van der Waals surface area contributed by atoms with Crippen molar-refractivity contribution in [2.75, 3.05) is 12.3 Å². The molecule has 0 unspecified atom stereocenters. The second-order valence-electron chi connectivity index (χ2n) is 9.45. The molecule has 2 aromatic carbocycles. The van der Waals surface area contributed by atoms with Crippen LogP contribution in [-0.4, -0.2) is 38.9 Å². The van der Waals surface area contributed by atoms with Crippen LogP contribution in [0.15, 0.2) is 48.5 Å². The number of anilines is 1. The van der Waals surface area contributed by atoms with Gasteiger partial charge in [-0.3, -0.25) is 9.59 Å². The molecule has 0 bridgehead atoms. The van der Waals surface area contributed by atoms with Gasteiger partial charge in [0.25, 0.3) is 11.8 Å². The molecule has 1 heterocycles. The molecule has 0 radical (unpaired) electrons. The topological polar surface area (TPSA) is 145 Å². The molecule has 4 rings (SSSR count). The predicted molar refractivity (Wildman–Crippen MR) is 138 cm³/mol. The van der Waals surface area contributed by atoms with Crippen LogP contribution in [0.1, 0.15) is 71.9 Å². The van der Waals surface area contributed by atoms with E-state index in [-0.39, 0.29) is 23.3 Å². The van der Waals surface area contributed by atoms with Crippen molar-refractivity contribution in [2.45, 2.75) is 57.7 Å². The maximum Gasteiger partial charge on any atom is 0.255 e. The number of rotatable bonds is 8. The fourth-order valence-corrected chi connectivity index (χ4v) is 4.63. The standard InChI is InChI=1S/C27H33N5O4/c1-3-36-21-7-5-4-6-20(21)26(34)30-16-17-8-10-18(11-9-17)23-22(25(29)33)24(28)32(31-23)19-12-14-27(2,35)15-13-19/h4-11,19,35H,3,12-16,28H2,1-2H3,(H2,29,33)(H,30,34). The lowest BCUT2D eigenvalue weighted by Crippen LogP contribution is -2.32. The van der Waals surface area contributed by atoms with Gasteiger partial charge in [-0.25, -0.2) is 4.68 Å². The molecular formula is C27H33N5O4. The number of hydrogen-bond donors (Lipinski definition) is 4. The number of nitrogens with one attached hydrogen (secondary N) is 1. The maximum absolute atomic E-state index is 12.7. The summed E-state index contributed by atoms with van der Waals surface area (Å²) in [5, 5.41) is 17.9. The van der Waals surface area contributed by atoms with Crippen LogP contribution >= 0.6 is 0 Å². The maximum atomic E-state index is 12.7. The number of aliphatic hydroxyl groups is 1. The summed E-state index contributed by atoms with van der Waals surface area (Å²) in [6, 6.07) is 14.5. The Morgan fingerprint density at radius 1 is 1.17 bits per heavy atom. The van der Waals surface area contributed by atoms with Crippen molar-refractivity contribution in [3.05, 3.63) is 65.2 Å². The minimum Gasteiger partial charge on any atom is -0.493 e. The molecule has 1 saturated carbocycles. The normalized spacial score (nSPS) is 19.6. The molecule has 36 heavy (non-hydrogen) atoms. The predicted octanol–water partition coefficient (Wildman–Crippen LogP) is 3.43. The number of benzene rings is 2. The van der Waals surface area contributed by atoms with Crippen molar-refractivity contribution in [2.24, 2.45) is 5.73 Å². The molecule has 3 aromatic rings. The molecule has 9 nitrogen and oxygen atoms in total. The van der Waals surface area contributed by atoms with E-state index in [1.165, 1.54) is 0 Å². The van der Waals surface area contributed by atoms with Crippen molar-refractivity contribution < 1.29 is 19.4 Å². The minimum absolute atomic E-state index is 0.00822. The minimum atomic E-state index is -0.690. The second kappa shape index (κ2) is 10.4. The van der Waals surface area contributed by atoms with Gasteiger partial charge in [-0.2, -0.15) is 5.10 Å². The van der Waals surface area contributed by atoms with Gasteiger partial charge in [-0.1, -0.05) is 36.4 Å². The number of hydrogen-bond acceptors (Lipinski definition) is 6. The Balaban J connectivity index is 1.50. The Hall–Kier alpha value is -3.85. The summed E-state index contributed by atoms with van der Waals surface area (Å²) >= 11 is 0. The van der Waals surface area contributed by atoms with Crippen molar-refractivity contribution in [3.8, 4) is 17.0 Å². The highest BCUT2D eigenvalue weighted by atomic mass is 16.5. The summed E-state index contributed by atoms with van der Waals surface area (Å²) < 4.78 is 7.22. The van der Waals surface area contributed by atoms with Gasteiger partial charge < -0.3 is 26.6 Å². The number of nitrogen functional groups attached to an aromatic ring is 1. The molecule has 0 aliphatic heterocycles. The monoisotopic (exact) mass is 491 g/mol. The van der Waals surface area contributed by atoms with Crippen LogP contribution in [0.2, 0.25) is 0 Å². The van der Waals surface area contributed by atoms with Gasteiger partial charge in [0.15, 0.2) is 0 Å². The molecular weight excluding hydrogens is 458 g/mol. The van der Waals surface area contributed by atoms with Crippen LogP contribution in [0.3, 0.4) is 0 Å².